The number of carboxylic acid groups (broad SMARTS) is 1. The lowest BCUT2D eigenvalue weighted by molar-refractivity contribution is -0.137. The predicted molar refractivity (Wildman–Crippen MR) is 78.0 cm³/mol. The van der Waals surface area contributed by atoms with E-state index in [0.717, 1.165) is 5.56 Å². The van der Waals surface area contributed by atoms with Crippen LogP contribution in [0.25, 0.3) is 0 Å². The predicted octanol–water partition coefficient (Wildman–Crippen LogP) is 2.04. The van der Waals surface area contributed by atoms with Crippen LogP contribution in [0.2, 0.25) is 0 Å². The minimum atomic E-state index is -0.848. The highest BCUT2D eigenvalue weighted by molar-refractivity contribution is 5.66. The number of aliphatic carboxylic acids is 1. The summed E-state index contributed by atoms with van der Waals surface area (Å²) in [6.07, 6.45) is 0.367. The molecule has 0 aliphatic carbocycles. The minimum Gasteiger partial charge on any atom is -0.481 e. The second-order valence-electron chi connectivity index (χ2n) is 6.09. The van der Waals surface area contributed by atoms with Gasteiger partial charge in [-0.1, -0.05) is 45.0 Å². The molecule has 0 unspecified atom stereocenters. The van der Waals surface area contributed by atoms with E-state index in [4.69, 9.17) is 5.11 Å². The van der Waals surface area contributed by atoms with Crippen molar-refractivity contribution in [1.29, 1.82) is 0 Å². The number of aromatic nitrogens is 4. The van der Waals surface area contributed by atoms with Crippen LogP contribution in [-0.4, -0.2) is 31.3 Å². The van der Waals surface area contributed by atoms with E-state index in [-0.39, 0.29) is 11.8 Å². The fourth-order valence-corrected chi connectivity index (χ4v) is 2.03. The number of hydrogen-bond acceptors (Lipinski definition) is 4. The van der Waals surface area contributed by atoms with Gasteiger partial charge in [0.05, 0.1) is 13.0 Å². The molecule has 0 atom stereocenters. The molecule has 0 radical (unpaired) electrons. The van der Waals surface area contributed by atoms with Crippen LogP contribution in [-0.2, 0) is 23.2 Å². The Hall–Kier alpha value is -2.24. The van der Waals surface area contributed by atoms with E-state index in [1.54, 1.807) is 4.68 Å². The summed E-state index contributed by atoms with van der Waals surface area (Å²) >= 11 is 0. The molecule has 0 spiro atoms. The summed E-state index contributed by atoms with van der Waals surface area (Å²) in [7, 11) is 0. The summed E-state index contributed by atoms with van der Waals surface area (Å²) in [6.45, 7) is 7.07. The van der Waals surface area contributed by atoms with E-state index in [2.05, 4.69) is 60.6 Å². The zero-order chi connectivity index (χ0) is 15.5. The number of nitrogens with zero attached hydrogens (tertiary/aromatic N) is 4. The van der Waals surface area contributed by atoms with Crippen LogP contribution in [0.3, 0.4) is 0 Å². The largest absolute Gasteiger partial charge is 0.481 e. The number of tetrazole rings is 1. The molecule has 21 heavy (non-hydrogen) atoms. The molecule has 1 heterocycles. The van der Waals surface area contributed by atoms with Gasteiger partial charge in [-0.15, -0.1) is 5.10 Å². The molecular formula is C15H20N4O2. The lowest BCUT2D eigenvalue weighted by Crippen LogP contribution is -2.12. The smallest absolute Gasteiger partial charge is 0.303 e. The maximum atomic E-state index is 10.6. The molecule has 0 fully saturated rings. The molecule has 6 nitrogen and oxygen atoms in total. The van der Waals surface area contributed by atoms with Crippen LogP contribution >= 0.6 is 0 Å². The van der Waals surface area contributed by atoms with Crippen LogP contribution < -0.4 is 0 Å². The van der Waals surface area contributed by atoms with Gasteiger partial charge in [0.15, 0.2) is 5.82 Å². The molecule has 1 N–H and O–H groups in total. The molecule has 1 aromatic carbocycles. The minimum absolute atomic E-state index is 0.0311. The summed E-state index contributed by atoms with van der Waals surface area (Å²) < 4.78 is 1.65. The van der Waals surface area contributed by atoms with Gasteiger partial charge in [0.1, 0.15) is 0 Å². The van der Waals surface area contributed by atoms with Gasteiger partial charge in [0.25, 0.3) is 0 Å². The fourth-order valence-electron chi connectivity index (χ4n) is 2.03. The van der Waals surface area contributed by atoms with Crippen molar-refractivity contribution in [2.45, 2.75) is 45.6 Å². The van der Waals surface area contributed by atoms with E-state index >= 15 is 0 Å². The Morgan fingerprint density at radius 2 is 1.90 bits per heavy atom. The van der Waals surface area contributed by atoms with Gasteiger partial charge in [-0.25, -0.2) is 4.68 Å². The molecule has 0 bridgehead atoms. The van der Waals surface area contributed by atoms with Crippen LogP contribution in [0, 0.1) is 0 Å². The first-order valence-corrected chi connectivity index (χ1v) is 6.92. The van der Waals surface area contributed by atoms with Crippen molar-refractivity contribution >= 4 is 5.97 Å². The normalized spacial score (nSPS) is 11.6. The second kappa shape index (κ2) is 6.03. The van der Waals surface area contributed by atoms with Crippen LogP contribution in [0.1, 0.15) is 44.1 Å². The van der Waals surface area contributed by atoms with Crippen molar-refractivity contribution in [1.82, 2.24) is 20.2 Å². The van der Waals surface area contributed by atoms with E-state index in [0.29, 0.717) is 18.8 Å². The first kappa shape index (κ1) is 15.2. The topological polar surface area (TPSA) is 80.9 Å². The molecule has 0 aliphatic rings. The zero-order valence-electron chi connectivity index (χ0n) is 12.6. The number of hydrogen-bond donors (Lipinski definition) is 1. The summed E-state index contributed by atoms with van der Waals surface area (Å²) in [4.78, 5) is 10.6. The standard InChI is InChI=1S/C15H20N4O2/c1-15(2,3)12-6-4-11(5-7-12)10-19-13(16-17-18-19)8-9-14(20)21/h4-7H,8-10H2,1-3H3,(H,20,21). The molecule has 0 amide bonds. The van der Waals surface area contributed by atoms with Gasteiger partial charge in [0.2, 0.25) is 0 Å². The van der Waals surface area contributed by atoms with Crippen molar-refractivity contribution in [2.24, 2.45) is 0 Å². The number of rotatable bonds is 5. The van der Waals surface area contributed by atoms with Crippen molar-refractivity contribution in [2.75, 3.05) is 0 Å². The van der Waals surface area contributed by atoms with Gasteiger partial charge in [0, 0.05) is 6.42 Å². The monoisotopic (exact) mass is 288 g/mol. The highest BCUT2D eigenvalue weighted by atomic mass is 16.4. The first-order chi connectivity index (χ1) is 9.86. The average Bonchev–Trinajstić information content (AvgIpc) is 2.83. The van der Waals surface area contributed by atoms with Gasteiger partial charge in [-0.3, -0.25) is 4.79 Å². The highest BCUT2D eigenvalue weighted by Gasteiger charge is 2.13. The second-order valence-corrected chi connectivity index (χ2v) is 6.09. The van der Waals surface area contributed by atoms with Gasteiger partial charge >= 0.3 is 5.97 Å². The number of carboxylic acids is 1. The van der Waals surface area contributed by atoms with Crippen molar-refractivity contribution in [3.63, 3.8) is 0 Å². The number of benzene rings is 1. The number of carbonyl (C=O) groups is 1. The quantitative estimate of drug-likeness (QED) is 0.910. The molecule has 0 aliphatic heterocycles. The van der Waals surface area contributed by atoms with E-state index in [1.165, 1.54) is 5.56 Å². The molecule has 2 rings (SSSR count). The van der Waals surface area contributed by atoms with E-state index < -0.39 is 5.97 Å². The summed E-state index contributed by atoms with van der Waals surface area (Å²) in [5, 5.41) is 20.1. The maximum Gasteiger partial charge on any atom is 0.303 e. The summed E-state index contributed by atoms with van der Waals surface area (Å²) in [5.74, 6) is -0.253. The number of aryl methyl sites for hydroxylation is 1. The Morgan fingerprint density at radius 3 is 2.48 bits per heavy atom. The van der Waals surface area contributed by atoms with Gasteiger partial charge < -0.3 is 5.11 Å². The van der Waals surface area contributed by atoms with Gasteiger partial charge in [-0.05, 0) is 27.0 Å². The summed E-state index contributed by atoms with van der Waals surface area (Å²) in [5.41, 5.74) is 2.49. The molecule has 112 valence electrons. The van der Waals surface area contributed by atoms with Crippen molar-refractivity contribution in [3.05, 3.63) is 41.2 Å². The SMILES string of the molecule is CC(C)(C)c1ccc(Cn2nnnc2CCC(=O)O)cc1. The fraction of sp³-hybridized carbons (Fsp3) is 0.467. The maximum absolute atomic E-state index is 10.6. The first-order valence-electron chi connectivity index (χ1n) is 6.92. The molecule has 0 saturated carbocycles. The van der Waals surface area contributed by atoms with Crippen LogP contribution in [0.5, 0.6) is 0 Å². The Morgan fingerprint density at radius 1 is 1.24 bits per heavy atom. The lowest BCUT2D eigenvalue weighted by Gasteiger charge is -2.19. The van der Waals surface area contributed by atoms with Crippen molar-refractivity contribution < 1.29 is 9.90 Å². The molecule has 2 aromatic rings. The van der Waals surface area contributed by atoms with Crippen LogP contribution in [0.15, 0.2) is 24.3 Å². The van der Waals surface area contributed by atoms with Gasteiger partial charge in [-0.2, -0.15) is 0 Å². The average molecular weight is 288 g/mol. The zero-order valence-corrected chi connectivity index (χ0v) is 12.6. The van der Waals surface area contributed by atoms with Crippen molar-refractivity contribution in [3.8, 4) is 0 Å². The van der Waals surface area contributed by atoms with E-state index in [9.17, 15) is 4.79 Å². The third kappa shape index (κ3) is 4.11. The molecular weight excluding hydrogens is 268 g/mol. The Balaban J connectivity index is 2.08. The summed E-state index contributed by atoms with van der Waals surface area (Å²) in [6, 6.07) is 8.33. The lowest BCUT2D eigenvalue weighted by atomic mass is 9.87. The highest BCUT2D eigenvalue weighted by Crippen LogP contribution is 2.22. The Labute approximate surface area is 123 Å². The third-order valence-electron chi connectivity index (χ3n) is 3.32. The molecule has 6 heteroatoms. The Bertz CT molecular complexity index is 611. The third-order valence-corrected chi connectivity index (χ3v) is 3.32. The Kier molecular flexibility index (Phi) is 4.35. The molecule has 1 aromatic heterocycles. The van der Waals surface area contributed by atoms with Crippen LogP contribution in [0.4, 0.5) is 0 Å². The van der Waals surface area contributed by atoms with E-state index in [1.807, 2.05) is 0 Å². The molecule has 0 saturated heterocycles.